The summed E-state index contributed by atoms with van der Waals surface area (Å²) in [6.07, 6.45) is 1.77. The first kappa shape index (κ1) is 17.1. The van der Waals surface area contributed by atoms with Crippen LogP contribution in [0.4, 0.5) is 13.2 Å². The maximum atomic E-state index is 13.2. The van der Waals surface area contributed by atoms with Gasteiger partial charge >= 0.3 is 0 Å². The molecule has 2 aliphatic rings. The molecular weight excluding hydrogens is 317 g/mol. The van der Waals surface area contributed by atoms with E-state index in [0.29, 0.717) is 24.9 Å². The summed E-state index contributed by atoms with van der Waals surface area (Å²) in [6, 6.07) is 1.54. The van der Waals surface area contributed by atoms with Gasteiger partial charge in [0.25, 0.3) is 5.91 Å². The fourth-order valence-corrected chi connectivity index (χ4v) is 3.28. The van der Waals surface area contributed by atoms with Crippen molar-refractivity contribution in [1.82, 2.24) is 10.2 Å². The molecule has 0 aliphatic carbocycles. The highest BCUT2D eigenvalue weighted by Gasteiger charge is 2.32. The Morgan fingerprint density at radius 2 is 1.55 bits per heavy atom. The predicted octanol–water partition coefficient (Wildman–Crippen LogP) is 2.60. The van der Waals surface area contributed by atoms with Crippen molar-refractivity contribution < 1.29 is 18.0 Å². The summed E-state index contributed by atoms with van der Waals surface area (Å²) in [5.74, 6) is -3.50. The van der Waals surface area contributed by atoms with E-state index in [1.54, 1.807) is 4.90 Å². The van der Waals surface area contributed by atoms with Gasteiger partial charge in [0.2, 0.25) is 0 Å². The first-order valence-corrected chi connectivity index (χ1v) is 7.21. The van der Waals surface area contributed by atoms with E-state index in [2.05, 4.69) is 5.32 Å². The number of amides is 1. The molecule has 2 heterocycles. The quantitative estimate of drug-likeness (QED) is 0.801. The lowest BCUT2D eigenvalue weighted by atomic mass is 9.92. The number of nitrogens with zero attached hydrogens (tertiary/aromatic N) is 1. The number of benzene rings is 1. The molecule has 3 rings (SSSR count). The van der Waals surface area contributed by atoms with Crippen LogP contribution in [-0.2, 0) is 0 Å². The molecule has 122 valence electrons. The van der Waals surface area contributed by atoms with Crippen LogP contribution in [0.25, 0.3) is 0 Å². The maximum absolute atomic E-state index is 13.2. The molecule has 1 aromatic rings. The number of carbonyl (C=O) groups excluding carboxylic acids is 1. The molecule has 2 atom stereocenters. The highest BCUT2D eigenvalue weighted by atomic mass is 35.5. The van der Waals surface area contributed by atoms with Crippen LogP contribution in [0.15, 0.2) is 12.1 Å². The molecule has 0 radical (unpaired) electrons. The number of nitrogens with one attached hydrogen (secondary N) is 1. The number of likely N-dealkylation sites (tertiary alicyclic amines) is 1. The van der Waals surface area contributed by atoms with Gasteiger partial charge in [-0.1, -0.05) is 0 Å². The van der Waals surface area contributed by atoms with E-state index < -0.39 is 23.4 Å². The zero-order chi connectivity index (χ0) is 15.0. The van der Waals surface area contributed by atoms with Crippen LogP contribution < -0.4 is 5.32 Å². The zero-order valence-electron chi connectivity index (χ0n) is 11.9. The normalized spacial score (nSPS) is 24.4. The number of carbonyl (C=O) groups is 1. The maximum Gasteiger partial charge on any atom is 0.254 e. The van der Waals surface area contributed by atoms with Gasteiger partial charge in [0.15, 0.2) is 17.5 Å². The summed E-state index contributed by atoms with van der Waals surface area (Å²) < 4.78 is 39.4. The SMILES string of the molecule is Cl.O=C(c1cc(F)c(F)c(F)c1)N1CC[C@@H]2CNC[C@@H]2CC1. The molecule has 1 amide bonds. The highest BCUT2D eigenvalue weighted by molar-refractivity contribution is 5.94. The standard InChI is InChI=1S/C15H17F3N2O.ClH/c16-12-5-11(6-13(17)14(12)18)15(21)20-3-1-9-7-19-8-10(9)2-4-20;/h5-6,9-10,19H,1-4,7-8H2;1H/t9-,10+;. The Morgan fingerprint density at radius 1 is 1.05 bits per heavy atom. The molecule has 0 unspecified atom stereocenters. The number of halogens is 4. The first-order chi connectivity index (χ1) is 10.1. The van der Waals surface area contributed by atoms with Crippen molar-refractivity contribution in [2.45, 2.75) is 12.8 Å². The Balaban J connectivity index is 0.00000176. The Bertz CT molecular complexity index is 533. The monoisotopic (exact) mass is 334 g/mol. The smallest absolute Gasteiger partial charge is 0.254 e. The summed E-state index contributed by atoms with van der Waals surface area (Å²) in [4.78, 5) is 14.0. The number of fused-ring (bicyclic) bond motifs is 1. The molecule has 7 heteroatoms. The minimum Gasteiger partial charge on any atom is -0.339 e. The summed E-state index contributed by atoms with van der Waals surface area (Å²) in [7, 11) is 0. The lowest BCUT2D eigenvalue weighted by molar-refractivity contribution is 0.0757. The fourth-order valence-electron chi connectivity index (χ4n) is 3.28. The van der Waals surface area contributed by atoms with E-state index in [4.69, 9.17) is 0 Å². The number of hydrogen-bond donors (Lipinski definition) is 1. The average Bonchev–Trinajstić information content (AvgIpc) is 2.82. The minimum absolute atomic E-state index is 0. The van der Waals surface area contributed by atoms with Gasteiger partial charge in [-0.25, -0.2) is 13.2 Å². The summed E-state index contributed by atoms with van der Waals surface area (Å²) in [5, 5.41) is 3.34. The third-order valence-corrected chi connectivity index (χ3v) is 4.54. The van der Waals surface area contributed by atoms with E-state index in [-0.39, 0.29) is 18.0 Å². The van der Waals surface area contributed by atoms with Crippen LogP contribution >= 0.6 is 12.4 Å². The van der Waals surface area contributed by atoms with Crippen molar-refractivity contribution in [3.05, 3.63) is 35.1 Å². The summed E-state index contributed by atoms with van der Waals surface area (Å²) >= 11 is 0. The van der Waals surface area contributed by atoms with Crippen molar-refractivity contribution >= 4 is 18.3 Å². The Kier molecular flexibility index (Phi) is 5.34. The Hall–Kier alpha value is -1.27. The van der Waals surface area contributed by atoms with E-state index in [1.807, 2.05) is 0 Å². The van der Waals surface area contributed by atoms with E-state index in [1.165, 1.54) is 0 Å². The molecule has 2 fully saturated rings. The van der Waals surface area contributed by atoms with Crippen LogP contribution in [0.5, 0.6) is 0 Å². The molecule has 2 saturated heterocycles. The van der Waals surface area contributed by atoms with Gasteiger partial charge in [-0.15, -0.1) is 12.4 Å². The number of hydrogen-bond acceptors (Lipinski definition) is 2. The summed E-state index contributed by atoms with van der Waals surface area (Å²) in [5.41, 5.74) is -0.128. The zero-order valence-corrected chi connectivity index (χ0v) is 12.8. The molecule has 3 nitrogen and oxygen atoms in total. The molecule has 0 aromatic heterocycles. The number of rotatable bonds is 1. The molecule has 2 aliphatic heterocycles. The Labute approximate surface area is 133 Å². The molecular formula is C15H18ClF3N2O. The van der Waals surface area contributed by atoms with Crippen molar-refractivity contribution in [3.63, 3.8) is 0 Å². The third kappa shape index (κ3) is 3.22. The molecule has 0 saturated carbocycles. The second-order valence-electron chi connectivity index (χ2n) is 5.80. The van der Waals surface area contributed by atoms with Gasteiger partial charge in [-0.3, -0.25) is 4.79 Å². The fraction of sp³-hybridized carbons (Fsp3) is 0.533. The average molecular weight is 335 g/mol. The van der Waals surface area contributed by atoms with Gasteiger partial charge in [-0.2, -0.15) is 0 Å². The van der Waals surface area contributed by atoms with Crippen molar-refractivity contribution in [1.29, 1.82) is 0 Å². The van der Waals surface area contributed by atoms with Crippen LogP contribution in [0.1, 0.15) is 23.2 Å². The van der Waals surface area contributed by atoms with E-state index in [0.717, 1.165) is 38.1 Å². The van der Waals surface area contributed by atoms with Gasteiger partial charge in [0, 0.05) is 18.7 Å². The molecule has 1 aromatic carbocycles. The molecule has 0 spiro atoms. The first-order valence-electron chi connectivity index (χ1n) is 7.21. The minimum atomic E-state index is -1.54. The topological polar surface area (TPSA) is 32.3 Å². The third-order valence-electron chi connectivity index (χ3n) is 4.54. The van der Waals surface area contributed by atoms with Crippen molar-refractivity contribution in [2.24, 2.45) is 11.8 Å². The lowest BCUT2D eigenvalue weighted by Crippen LogP contribution is -2.33. The van der Waals surface area contributed by atoms with Gasteiger partial charge in [0.1, 0.15) is 0 Å². The molecule has 1 N–H and O–H groups in total. The molecule has 22 heavy (non-hydrogen) atoms. The van der Waals surface area contributed by atoms with Crippen LogP contribution in [0.3, 0.4) is 0 Å². The van der Waals surface area contributed by atoms with Crippen LogP contribution in [0.2, 0.25) is 0 Å². The summed E-state index contributed by atoms with van der Waals surface area (Å²) in [6.45, 7) is 3.07. The second-order valence-corrected chi connectivity index (χ2v) is 5.80. The lowest BCUT2D eigenvalue weighted by Gasteiger charge is -2.21. The van der Waals surface area contributed by atoms with E-state index >= 15 is 0 Å². The largest absolute Gasteiger partial charge is 0.339 e. The van der Waals surface area contributed by atoms with Crippen molar-refractivity contribution in [3.8, 4) is 0 Å². The molecule has 0 bridgehead atoms. The predicted molar refractivity (Wildman–Crippen MR) is 78.6 cm³/mol. The van der Waals surface area contributed by atoms with Crippen LogP contribution in [0, 0.1) is 29.3 Å². The van der Waals surface area contributed by atoms with Gasteiger partial charge in [0.05, 0.1) is 0 Å². The van der Waals surface area contributed by atoms with Crippen LogP contribution in [-0.4, -0.2) is 37.0 Å². The van der Waals surface area contributed by atoms with Gasteiger partial charge in [-0.05, 0) is 49.9 Å². The second kappa shape index (κ2) is 6.87. The highest BCUT2D eigenvalue weighted by Crippen LogP contribution is 2.28. The Morgan fingerprint density at radius 3 is 2.05 bits per heavy atom. The van der Waals surface area contributed by atoms with Gasteiger partial charge < -0.3 is 10.2 Å². The van der Waals surface area contributed by atoms with E-state index in [9.17, 15) is 18.0 Å². The van der Waals surface area contributed by atoms with Crippen molar-refractivity contribution in [2.75, 3.05) is 26.2 Å².